The molecule has 104 valence electrons. The van der Waals surface area contributed by atoms with Crippen molar-refractivity contribution in [2.24, 2.45) is 0 Å². The third kappa shape index (κ3) is 3.51. The maximum atomic E-state index is 11.4. The van der Waals surface area contributed by atoms with Gasteiger partial charge in [-0.1, -0.05) is 30.3 Å². The van der Waals surface area contributed by atoms with Crippen molar-refractivity contribution < 1.29 is 14.6 Å². The number of ether oxygens (including phenoxy) is 1. The monoisotopic (exact) mass is 271 g/mol. The van der Waals surface area contributed by atoms with Crippen molar-refractivity contribution in [3.8, 4) is 5.75 Å². The van der Waals surface area contributed by atoms with Gasteiger partial charge < -0.3 is 15.2 Å². The van der Waals surface area contributed by atoms with Crippen LogP contribution in [0.3, 0.4) is 0 Å². The molecule has 0 bridgehead atoms. The highest BCUT2D eigenvalue weighted by atomic mass is 16.5. The molecular formula is C16H17NO3. The van der Waals surface area contributed by atoms with Gasteiger partial charge in [0.1, 0.15) is 5.75 Å². The van der Waals surface area contributed by atoms with Gasteiger partial charge in [-0.3, -0.25) is 4.79 Å². The Kier molecular flexibility index (Phi) is 4.60. The Morgan fingerprint density at radius 1 is 1.15 bits per heavy atom. The predicted octanol–water partition coefficient (Wildman–Crippen LogP) is 2.98. The summed E-state index contributed by atoms with van der Waals surface area (Å²) in [5.74, 6) is -0.635. The first kappa shape index (κ1) is 13.9. The zero-order valence-electron chi connectivity index (χ0n) is 11.2. The number of benzene rings is 2. The van der Waals surface area contributed by atoms with E-state index in [-0.39, 0.29) is 0 Å². The number of carboxylic acids is 1. The summed E-state index contributed by atoms with van der Waals surface area (Å²) in [6, 6.07) is 16.6. The Labute approximate surface area is 118 Å². The molecule has 2 N–H and O–H groups in total. The number of hydrogen-bond acceptors (Lipinski definition) is 3. The molecule has 0 aliphatic rings. The van der Waals surface area contributed by atoms with Crippen molar-refractivity contribution >= 4 is 11.7 Å². The number of aliphatic carboxylic acids is 1. The summed E-state index contributed by atoms with van der Waals surface area (Å²) in [4.78, 5) is 11.4. The van der Waals surface area contributed by atoms with Gasteiger partial charge in [0.15, 0.2) is 0 Å². The molecule has 0 amide bonds. The maximum absolute atomic E-state index is 11.4. The van der Waals surface area contributed by atoms with Gasteiger partial charge >= 0.3 is 5.97 Å². The molecule has 20 heavy (non-hydrogen) atoms. The van der Waals surface area contributed by atoms with E-state index in [0.717, 1.165) is 17.0 Å². The van der Waals surface area contributed by atoms with E-state index in [1.165, 1.54) is 0 Å². The number of carboxylic acid groups (broad SMARTS) is 1. The lowest BCUT2D eigenvalue weighted by Gasteiger charge is -2.14. The topological polar surface area (TPSA) is 58.6 Å². The highest BCUT2D eigenvalue weighted by Gasteiger charge is 2.19. The summed E-state index contributed by atoms with van der Waals surface area (Å²) in [6.45, 7) is 0.339. The summed E-state index contributed by atoms with van der Waals surface area (Å²) in [5.41, 5.74) is 1.66. The van der Waals surface area contributed by atoms with E-state index in [1.807, 2.05) is 54.6 Å². The fraction of sp³-hybridized carbons (Fsp3) is 0.188. The van der Waals surface area contributed by atoms with Crippen LogP contribution in [-0.4, -0.2) is 24.7 Å². The van der Waals surface area contributed by atoms with Gasteiger partial charge in [0.25, 0.3) is 0 Å². The van der Waals surface area contributed by atoms with Gasteiger partial charge in [-0.05, 0) is 29.8 Å². The zero-order chi connectivity index (χ0) is 14.4. The fourth-order valence-electron chi connectivity index (χ4n) is 1.96. The number of methoxy groups -OCH3 is 1. The van der Waals surface area contributed by atoms with Crippen LogP contribution in [0.15, 0.2) is 54.6 Å². The molecule has 1 unspecified atom stereocenters. The maximum Gasteiger partial charge on any atom is 0.312 e. The summed E-state index contributed by atoms with van der Waals surface area (Å²) < 4.78 is 5.08. The average Bonchev–Trinajstić information content (AvgIpc) is 2.49. The minimum Gasteiger partial charge on any atom is -0.497 e. The minimum atomic E-state index is -0.836. The number of anilines is 1. The van der Waals surface area contributed by atoms with Gasteiger partial charge in [0.05, 0.1) is 13.0 Å². The average molecular weight is 271 g/mol. The molecule has 0 saturated heterocycles. The Bertz CT molecular complexity index is 552. The largest absolute Gasteiger partial charge is 0.497 e. The van der Waals surface area contributed by atoms with E-state index in [4.69, 9.17) is 4.74 Å². The second-order valence-corrected chi connectivity index (χ2v) is 4.41. The molecule has 0 aliphatic heterocycles. The third-order valence-corrected chi connectivity index (χ3v) is 3.10. The zero-order valence-corrected chi connectivity index (χ0v) is 11.2. The molecular weight excluding hydrogens is 254 g/mol. The van der Waals surface area contributed by atoms with Crippen LogP contribution in [0.4, 0.5) is 5.69 Å². The second-order valence-electron chi connectivity index (χ2n) is 4.41. The van der Waals surface area contributed by atoms with E-state index >= 15 is 0 Å². The summed E-state index contributed by atoms with van der Waals surface area (Å²) >= 11 is 0. The molecule has 2 aromatic rings. The molecule has 0 aromatic heterocycles. The van der Waals surface area contributed by atoms with Crippen LogP contribution in [0, 0.1) is 0 Å². The smallest absolute Gasteiger partial charge is 0.312 e. The second kappa shape index (κ2) is 6.61. The van der Waals surface area contributed by atoms with E-state index in [0.29, 0.717) is 6.54 Å². The van der Waals surface area contributed by atoms with Gasteiger partial charge in [0.2, 0.25) is 0 Å². The van der Waals surface area contributed by atoms with Gasteiger partial charge in [-0.2, -0.15) is 0 Å². The number of rotatable bonds is 6. The van der Waals surface area contributed by atoms with Crippen molar-refractivity contribution in [2.75, 3.05) is 19.0 Å². The van der Waals surface area contributed by atoms with Crippen molar-refractivity contribution in [2.45, 2.75) is 5.92 Å². The fourth-order valence-corrected chi connectivity index (χ4v) is 1.96. The van der Waals surface area contributed by atoms with Crippen LogP contribution >= 0.6 is 0 Å². The van der Waals surface area contributed by atoms with Crippen LogP contribution in [-0.2, 0) is 4.79 Å². The quantitative estimate of drug-likeness (QED) is 0.848. The SMILES string of the molecule is COc1ccc(NCC(C(=O)O)c2ccccc2)cc1. The number of nitrogens with one attached hydrogen (secondary N) is 1. The normalized spacial score (nSPS) is 11.7. The molecule has 4 nitrogen and oxygen atoms in total. The molecule has 4 heteroatoms. The Morgan fingerprint density at radius 2 is 1.80 bits per heavy atom. The highest BCUT2D eigenvalue weighted by Crippen LogP contribution is 2.19. The first-order valence-corrected chi connectivity index (χ1v) is 6.36. The van der Waals surface area contributed by atoms with Crippen LogP contribution in [0.25, 0.3) is 0 Å². The number of hydrogen-bond donors (Lipinski definition) is 2. The van der Waals surface area contributed by atoms with Crippen LogP contribution in [0.5, 0.6) is 5.75 Å². The van der Waals surface area contributed by atoms with Crippen molar-refractivity contribution in [3.63, 3.8) is 0 Å². The summed E-state index contributed by atoms with van der Waals surface area (Å²) in [7, 11) is 1.61. The highest BCUT2D eigenvalue weighted by molar-refractivity contribution is 5.77. The Morgan fingerprint density at radius 3 is 2.35 bits per heavy atom. The van der Waals surface area contributed by atoms with E-state index < -0.39 is 11.9 Å². The molecule has 0 fully saturated rings. The van der Waals surface area contributed by atoms with Gasteiger partial charge in [-0.25, -0.2) is 0 Å². The van der Waals surface area contributed by atoms with E-state index in [1.54, 1.807) is 7.11 Å². The molecule has 0 aliphatic carbocycles. The lowest BCUT2D eigenvalue weighted by atomic mass is 9.99. The molecule has 0 spiro atoms. The molecule has 2 aromatic carbocycles. The molecule has 2 rings (SSSR count). The van der Waals surface area contributed by atoms with E-state index in [9.17, 15) is 9.90 Å². The third-order valence-electron chi connectivity index (χ3n) is 3.10. The van der Waals surface area contributed by atoms with Crippen molar-refractivity contribution in [1.82, 2.24) is 0 Å². The predicted molar refractivity (Wildman–Crippen MR) is 78.3 cm³/mol. The standard InChI is InChI=1S/C16H17NO3/c1-20-14-9-7-13(8-10-14)17-11-15(16(18)19)12-5-3-2-4-6-12/h2-10,15,17H,11H2,1H3,(H,18,19). The van der Waals surface area contributed by atoms with Crippen molar-refractivity contribution in [1.29, 1.82) is 0 Å². The first-order chi connectivity index (χ1) is 9.70. The van der Waals surface area contributed by atoms with Gasteiger partial charge in [0, 0.05) is 12.2 Å². The van der Waals surface area contributed by atoms with Crippen molar-refractivity contribution in [3.05, 3.63) is 60.2 Å². The Hall–Kier alpha value is -2.49. The Balaban J connectivity index is 2.04. The summed E-state index contributed by atoms with van der Waals surface area (Å²) in [6.07, 6.45) is 0. The molecule has 0 saturated carbocycles. The molecule has 0 heterocycles. The van der Waals surface area contributed by atoms with E-state index in [2.05, 4.69) is 5.32 Å². The summed E-state index contributed by atoms with van der Waals surface area (Å²) in [5, 5.41) is 12.5. The number of carbonyl (C=O) groups is 1. The first-order valence-electron chi connectivity index (χ1n) is 6.36. The lowest BCUT2D eigenvalue weighted by molar-refractivity contribution is -0.138. The molecule has 0 radical (unpaired) electrons. The van der Waals surface area contributed by atoms with Crippen LogP contribution in [0.2, 0.25) is 0 Å². The van der Waals surface area contributed by atoms with Crippen LogP contribution in [0.1, 0.15) is 11.5 Å². The minimum absolute atomic E-state index is 0.339. The molecule has 1 atom stereocenters. The lowest BCUT2D eigenvalue weighted by Crippen LogP contribution is -2.20. The van der Waals surface area contributed by atoms with Crippen LogP contribution < -0.4 is 10.1 Å². The van der Waals surface area contributed by atoms with Gasteiger partial charge in [-0.15, -0.1) is 0 Å².